The van der Waals surface area contributed by atoms with E-state index in [-0.39, 0.29) is 6.04 Å². The van der Waals surface area contributed by atoms with E-state index in [0.29, 0.717) is 12.6 Å². The van der Waals surface area contributed by atoms with Gasteiger partial charge in [-0.3, -0.25) is 0 Å². The fourth-order valence-corrected chi connectivity index (χ4v) is 2.77. The molecule has 7 heteroatoms. The lowest BCUT2D eigenvalue weighted by atomic mass is 10.2. The first-order valence-electron chi connectivity index (χ1n) is 8.18. The molecule has 0 amide bonds. The summed E-state index contributed by atoms with van der Waals surface area (Å²) < 4.78 is 12.4. The minimum absolute atomic E-state index is 0.273. The molecule has 1 unspecified atom stereocenters. The van der Waals surface area contributed by atoms with Crippen LogP contribution >= 0.6 is 0 Å². The molecule has 1 aliphatic heterocycles. The van der Waals surface area contributed by atoms with E-state index >= 15 is 0 Å². The van der Waals surface area contributed by atoms with Gasteiger partial charge in [0.2, 0.25) is 5.95 Å². The van der Waals surface area contributed by atoms with E-state index in [9.17, 15) is 0 Å². The van der Waals surface area contributed by atoms with Crippen LogP contribution in [0.1, 0.15) is 6.42 Å². The van der Waals surface area contributed by atoms with Gasteiger partial charge in [-0.2, -0.15) is 5.10 Å². The third kappa shape index (κ3) is 3.46. The Hall–Kier alpha value is -2.93. The first-order valence-corrected chi connectivity index (χ1v) is 8.18. The Morgan fingerprint density at radius 3 is 3.12 bits per heavy atom. The second kappa shape index (κ2) is 6.90. The minimum atomic E-state index is 0.273. The zero-order valence-electron chi connectivity index (χ0n) is 13.9. The molecule has 0 aliphatic carbocycles. The van der Waals surface area contributed by atoms with Crippen molar-refractivity contribution in [1.29, 1.82) is 0 Å². The van der Waals surface area contributed by atoms with E-state index < -0.39 is 0 Å². The van der Waals surface area contributed by atoms with Crippen molar-refractivity contribution in [2.75, 3.05) is 25.6 Å². The molecule has 1 aliphatic rings. The van der Waals surface area contributed by atoms with Gasteiger partial charge >= 0.3 is 0 Å². The number of hydrogen-bond donors (Lipinski definition) is 1. The fourth-order valence-electron chi connectivity index (χ4n) is 2.77. The number of nitrogens with zero attached hydrogens (tertiary/aromatic N) is 4. The number of aromatic nitrogens is 4. The van der Waals surface area contributed by atoms with E-state index in [0.717, 1.165) is 35.7 Å². The zero-order valence-corrected chi connectivity index (χ0v) is 13.9. The molecule has 128 valence electrons. The predicted molar refractivity (Wildman–Crippen MR) is 94.0 cm³/mol. The fraction of sp³-hybridized carbons (Fsp3) is 0.278. The molecule has 1 atom stereocenters. The molecule has 1 saturated heterocycles. The smallest absolute Gasteiger partial charge is 0.223 e. The second-order valence-corrected chi connectivity index (χ2v) is 5.85. The third-order valence-electron chi connectivity index (χ3n) is 4.11. The van der Waals surface area contributed by atoms with E-state index in [4.69, 9.17) is 9.47 Å². The molecule has 4 rings (SSSR count). The molecule has 3 aromatic rings. The molecule has 0 spiro atoms. The highest BCUT2D eigenvalue weighted by molar-refractivity contribution is 5.59. The van der Waals surface area contributed by atoms with Crippen LogP contribution in [0.15, 0.2) is 48.9 Å². The maximum absolute atomic E-state index is 5.37. The molecule has 25 heavy (non-hydrogen) atoms. The van der Waals surface area contributed by atoms with E-state index in [1.807, 2.05) is 36.5 Å². The lowest BCUT2D eigenvalue weighted by molar-refractivity contribution is 0.195. The van der Waals surface area contributed by atoms with E-state index in [1.165, 1.54) is 0 Å². The number of methoxy groups -OCH3 is 1. The largest absolute Gasteiger partial charge is 0.497 e. The summed E-state index contributed by atoms with van der Waals surface area (Å²) in [5, 5.41) is 7.75. The van der Waals surface area contributed by atoms with Gasteiger partial charge in [0.05, 0.1) is 37.3 Å². The molecule has 0 bridgehead atoms. The quantitative estimate of drug-likeness (QED) is 0.771. The van der Waals surface area contributed by atoms with Gasteiger partial charge in [-0.15, -0.1) is 0 Å². The summed E-state index contributed by atoms with van der Waals surface area (Å²) in [5.74, 6) is 1.41. The molecular formula is C18H19N5O2. The lowest BCUT2D eigenvalue weighted by Gasteiger charge is -2.10. The number of nitrogens with one attached hydrogen (secondary N) is 1. The molecule has 1 N–H and O–H groups in total. The van der Waals surface area contributed by atoms with Gasteiger partial charge in [-0.25, -0.2) is 14.6 Å². The normalized spacial score (nSPS) is 16.8. The van der Waals surface area contributed by atoms with Crippen LogP contribution in [-0.4, -0.2) is 46.1 Å². The standard InChI is InChI=1S/C18H19N5O2/c1-24-16-4-2-3-15(9-16)23-11-13(10-20-23)17-5-7-19-18(22-17)21-14-6-8-25-12-14/h2-5,7,9-11,14H,6,8,12H2,1H3,(H,19,21,22). The minimum Gasteiger partial charge on any atom is -0.497 e. The maximum atomic E-state index is 5.37. The SMILES string of the molecule is COc1cccc(-n2cc(-c3ccnc(NC4CCOC4)n3)cn2)c1. The highest BCUT2D eigenvalue weighted by Crippen LogP contribution is 2.21. The van der Waals surface area contributed by atoms with Gasteiger partial charge in [0.1, 0.15) is 5.75 Å². The molecule has 1 aromatic carbocycles. The summed E-state index contributed by atoms with van der Waals surface area (Å²) in [7, 11) is 1.65. The van der Waals surface area contributed by atoms with Gasteiger partial charge in [0, 0.05) is 30.6 Å². The average Bonchev–Trinajstić information content (AvgIpc) is 3.34. The maximum Gasteiger partial charge on any atom is 0.223 e. The number of rotatable bonds is 5. The van der Waals surface area contributed by atoms with Crippen LogP contribution in [0.3, 0.4) is 0 Å². The van der Waals surface area contributed by atoms with Crippen LogP contribution in [0.2, 0.25) is 0 Å². The van der Waals surface area contributed by atoms with Crippen molar-refractivity contribution in [3.05, 3.63) is 48.9 Å². The topological polar surface area (TPSA) is 74.1 Å². The van der Waals surface area contributed by atoms with Crippen LogP contribution in [0.4, 0.5) is 5.95 Å². The number of anilines is 1. The van der Waals surface area contributed by atoms with Crippen LogP contribution in [-0.2, 0) is 4.74 Å². The first-order chi connectivity index (χ1) is 12.3. The molecule has 0 saturated carbocycles. The van der Waals surface area contributed by atoms with Crippen molar-refractivity contribution in [2.45, 2.75) is 12.5 Å². The number of ether oxygens (including phenoxy) is 2. The Kier molecular flexibility index (Phi) is 4.30. The number of benzene rings is 1. The van der Waals surface area contributed by atoms with Gasteiger partial charge in [0.25, 0.3) is 0 Å². The summed E-state index contributed by atoms with van der Waals surface area (Å²) in [5.41, 5.74) is 2.68. The van der Waals surface area contributed by atoms with Gasteiger partial charge in [0.15, 0.2) is 0 Å². The molecule has 3 heterocycles. The second-order valence-electron chi connectivity index (χ2n) is 5.85. The van der Waals surface area contributed by atoms with Crippen molar-refractivity contribution in [2.24, 2.45) is 0 Å². The monoisotopic (exact) mass is 337 g/mol. The predicted octanol–water partition coefficient (Wildman–Crippen LogP) is 2.54. The van der Waals surface area contributed by atoms with Crippen molar-refractivity contribution < 1.29 is 9.47 Å². The van der Waals surface area contributed by atoms with Crippen LogP contribution in [0.5, 0.6) is 5.75 Å². The van der Waals surface area contributed by atoms with E-state index in [1.54, 1.807) is 24.2 Å². The van der Waals surface area contributed by atoms with Crippen molar-refractivity contribution in [3.63, 3.8) is 0 Å². The lowest BCUT2D eigenvalue weighted by Crippen LogP contribution is -2.20. The molecule has 2 aromatic heterocycles. The Morgan fingerprint density at radius 2 is 2.28 bits per heavy atom. The zero-order chi connectivity index (χ0) is 17.1. The Bertz CT molecular complexity index is 858. The Morgan fingerprint density at radius 1 is 1.32 bits per heavy atom. The number of hydrogen-bond acceptors (Lipinski definition) is 6. The van der Waals surface area contributed by atoms with Crippen molar-refractivity contribution in [3.8, 4) is 22.7 Å². The molecule has 0 radical (unpaired) electrons. The van der Waals surface area contributed by atoms with Crippen LogP contribution in [0.25, 0.3) is 16.9 Å². The summed E-state index contributed by atoms with van der Waals surface area (Å²) >= 11 is 0. The molecule has 1 fully saturated rings. The molecular weight excluding hydrogens is 318 g/mol. The summed E-state index contributed by atoms with van der Waals surface area (Å²) in [6, 6.07) is 9.91. The van der Waals surface area contributed by atoms with Crippen LogP contribution < -0.4 is 10.1 Å². The summed E-state index contributed by atoms with van der Waals surface area (Å²) in [6.07, 6.45) is 6.47. The highest BCUT2D eigenvalue weighted by Gasteiger charge is 2.16. The highest BCUT2D eigenvalue weighted by atomic mass is 16.5. The van der Waals surface area contributed by atoms with Crippen molar-refractivity contribution >= 4 is 5.95 Å². The first kappa shape index (κ1) is 15.6. The van der Waals surface area contributed by atoms with Gasteiger partial charge < -0.3 is 14.8 Å². The molecule has 7 nitrogen and oxygen atoms in total. The van der Waals surface area contributed by atoms with E-state index in [2.05, 4.69) is 20.4 Å². The van der Waals surface area contributed by atoms with Crippen molar-refractivity contribution in [1.82, 2.24) is 19.7 Å². The summed E-state index contributed by atoms with van der Waals surface area (Å²) in [6.45, 7) is 1.48. The summed E-state index contributed by atoms with van der Waals surface area (Å²) in [4.78, 5) is 8.89. The van der Waals surface area contributed by atoms with Gasteiger partial charge in [-0.1, -0.05) is 6.07 Å². The van der Waals surface area contributed by atoms with Crippen LogP contribution in [0, 0.1) is 0 Å². The Labute approximate surface area is 145 Å². The Balaban J connectivity index is 1.57. The third-order valence-corrected chi connectivity index (χ3v) is 4.11. The average molecular weight is 337 g/mol. The van der Waals surface area contributed by atoms with Gasteiger partial charge in [-0.05, 0) is 24.6 Å².